The number of hydrogen-bond acceptors (Lipinski definition) is 5. The lowest BCUT2D eigenvalue weighted by Crippen LogP contribution is -2.32. The number of ether oxygens (including phenoxy) is 3. The number of carboxylic acids is 1. The van der Waals surface area contributed by atoms with Gasteiger partial charge >= 0.3 is 5.97 Å². The fourth-order valence-corrected chi connectivity index (χ4v) is 1.85. The minimum atomic E-state index is -1.05. The molecular formula is C13H19NO5. The van der Waals surface area contributed by atoms with Crippen molar-refractivity contribution < 1.29 is 24.1 Å². The molecule has 0 fully saturated rings. The van der Waals surface area contributed by atoms with Crippen LogP contribution < -0.4 is 15.2 Å². The van der Waals surface area contributed by atoms with E-state index in [0.717, 1.165) is 5.56 Å². The van der Waals surface area contributed by atoms with E-state index in [2.05, 4.69) is 0 Å². The third-order valence-electron chi connectivity index (χ3n) is 2.74. The molecule has 0 heterocycles. The van der Waals surface area contributed by atoms with Gasteiger partial charge in [0.05, 0.1) is 20.8 Å². The topological polar surface area (TPSA) is 91.0 Å². The van der Waals surface area contributed by atoms with Gasteiger partial charge in [-0.1, -0.05) is 12.1 Å². The summed E-state index contributed by atoms with van der Waals surface area (Å²) in [6.45, 7) is 0.380. The minimum Gasteiger partial charge on any atom is -0.493 e. The molecule has 0 aromatic heterocycles. The molecule has 6 heteroatoms. The lowest BCUT2D eigenvalue weighted by Gasteiger charge is -2.17. The van der Waals surface area contributed by atoms with E-state index in [9.17, 15) is 4.79 Å². The van der Waals surface area contributed by atoms with Crippen molar-refractivity contribution in [2.24, 2.45) is 5.73 Å². The first-order valence-corrected chi connectivity index (χ1v) is 5.75. The van der Waals surface area contributed by atoms with Gasteiger partial charge in [-0.25, -0.2) is 0 Å². The van der Waals surface area contributed by atoms with Gasteiger partial charge in [-0.15, -0.1) is 0 Å². The van der Waals surface area contributed by atoms with Crippen molar-refractivity contribution in [3.63, 3.8) is 0 Å². The highest BCUT2D eigenvalue weighted by atomic mass is 16.5. The number of carbonyl (C=O) groups is 1. The normalized spacial score (nSPS) is 12.0. The second kappa shape index (κ2) is 6.96. The number of hydrogen-bond donors (Lipinski definition) is 2. The number of carboxylic acid groups (broad SMARTS) is 1. The SMILES string of the molecule is COCc1ccc(CC(N)C(=O)O)c(OC)c1OC. The Bertz CT molecular complexity index is 447. The van der Waals surface area contributed by atoms with E-state index in [1.165, 1.54) is 14.2 Å². The van der Waals surface area contributed by atoms with E-state index in [0.29, 0.717) is 23.7 Å². The molecule has 0 radical (unpaired) electrons. The maximum atomic E-state index is 10.8. The first-order valence-electron chi connectivity index (χ1n) is 5.75. The summed E-state index contributed by atoms with van der Waals surface area (Å²) in [5.41, 5.74) is 7.06. The highest BCUT2D eigenvalue weighted by Crippen LogP contribution is 2.35. The van der Waals surface area contributed by atoms with E-state index in [1.807, 2.05) is 6.07 Å². The number of rotatable bonds is 7. The Hall–Kier alpha value is -1.79. The highest BCUT2D eigenvalue weighted by Gasteiger charge is 2.19. The molecule has 1 aromatic rings. The third kappa shape index (κ3) is 3.59. The summed E-state index contributed by atoms with van der Waals surface area (Å²) in [6, 6.07) is 2.61. The lowest BCUT2D eigenvalue weighted by molar-refractivity contribution is -0.138. The van der Waals surface area contributed by atoms with E-state index >= 15 is 0 Å². The maximum Gasteiger partial charge on any atom is 0.320 e. The van der Waals surface area contributed by atoms with Crippen LogP contribution in [-0.2, 0) is 22.6 Å². The molecule has 0 spiro atoms. The smallest absolute Gasteiger partial charge is 0.320 e. The monoisotopic (exact) mass is 269 g/mol. The van der Waals surface area contributed by atoms with Crippen molar-refractivity contribution in [2.75, 3.05) is 21.3 Å². The van der Waals surface area contributed by atoms with Crippen LogP contribution in [0.5, 0.6) is 11.5 Å². The summed E-state index contributed by atoms with van der Waals surface area (Å²) >= 11 is 0. The Morgan fingerprint density at radius 3 is 2.21 bits per heavy atom. The molecule has 0 aliphatic heterocycles. The Kier molecular flexibility index (Phi) is 5.59. The fourth-order valence-electron chi connectivity index (χ4n) is 1.85. The van der Waals surface area contributed by atoms with Crippen LogP contribution in [0.2, 0.25) is 0 Å². The summed E-state index contributed by atoms with van der Waals surface area (Å²) in [5.74, 6) is -0.0184. The van der Waals surface area contributed by atoms with Gasteiger partial charge in [0.25, 0.3) is 0 Å². The molecule has 0 saturated carbocycles. The predicted molar refractivity (Wildman–Crippen MR) is 69.6 cm³/mol. The minimum absolute atomic E-state index is 0.169. The molecular weight excluding hydrogens is 250 g/mol. The van der Waals surface area contributed by atoms with Crippen LogP contribution in [-0.4, -0.2) is 38.4 Å². The molecule has 3 N–H and O–H groups in total. The van der Waals surface area contributed by atoms with Gasteiger partial charge in [0, 0.05) is 24.7 Å². The van der Waals surface area contributed by atoms with E-state index in [4.69, 9.17) is 25.1 Å². The van der Waals surface area contributed by atoms with E-state index < -0.39 is 12.0 Å². The summed E-state index contributed by atoms with van der Waals surface area (Å²) in [6.07, 6.45) is 0.169. The molecule has 0 aliphatic rings. The van der Waals surface area contributed by atoms with Crippen molar-refractivity contribution in [2.45, 2.75) is 19.1 Å². The van der Waals surface area contributed by atoms with Crippen molar-refractivity contribution in [3.05, 3.63) is 23.3 Å². The predicted octanol–water partition coefficient (Wildman–Crippen LogP) is 0.805. The highest BCUT2D eigenvalue weighted by molar-refractivity contribution is 5.74. The Morgan fingerprint density at radius 1 is 1.21 bits per heavy atom. The molecule has 1 rings (SSSR count). The second-order valence-corrected chi connectivity index (χ2v) is 4.03. The van der Waals surface area contributed by atoms with Crippen molar-refractivity contribution >= 4 is 5.97 Å². The first-order chi connectivity index (χ1) is 9.04. The van der Waals surface area contributed by atoms with Gasteiger partial charge in [-0.3, -0.25) is 4.79 Å². The molecule has 1 aromatic carbocycles. The first kappa shape index (κ1) is 15.3. The number of aliphatic carboxylic acids is 1. The van der Waals surface area contributed by atoms with Crippen LogP contribution in [0.3, 0.4) is 0 Å². The molecule has 1 atom stereocenters. The van der Waals surface area contributed by atoms with Gasteiger partial charge in [-0.2, -0.15) is 0 Å². The average Bonchev–Trinajstić information content (AvgIpc) is 2.39. The molecule has 106 valence electrons. The van der Waals surface area contributed by atoms with E-state index in [-0.39, 0.29) is 6.42 Å². The van der Waals surface area contributed by atoms with Crippen LogP contribution in [0.1, 0.15) is 11.1 Å². The molecule has 6 nitrogen and oxygen atoms in total. The van der Waals surface area contributed by atoms with Crippen LogP contribution >= 0.6 is 0 Å². The number of nitrogens with two attached hydrogens (primary N) is 1. The van der Waals surface area contributed by atoms with Gasteiger partial charge in [0.1, 0.15) is 6.04 Å². The van der Waals surface area contributed by atoms with Crippen LogP contribution in [0.4, 0.5) is 0 Å². The average molecular weight is 269 g/mol. The van der Waals surface area contributed by atoms with Crippen LogP contribution in [0.25, 0.3) is 0 Å². The number of methoxy groups -OCH3 is 3. The largest absolute Gasteiger partial charge is 0.493 e. The van der Waals surface area contributed by atoms with Gasteiger partial charge in [0.2, 0.25) is 0 Å². The molecule has 19 heavy (non-hydrogen) atoms. The maximum absolute atomic E-state index is 10.8. The Labute approximate surface area is 112 Å². The molecule has 1 unspecified atom stereocenters. The van der Waals surface area contributed by atoms with Gasteiger partial charge in [0.15, 0.2) is 11.5 Å². The summed E-state index contributed by atoms with van der Waals surface area (Å²) in [4.78, 5) is 10.8. The standard InChI is InChI=1S/C13H19NO5/c1-17-7-9-5-4-8(6-10(14)13(15)16)11(18-2)12(9)19-3/h4-5,10H,6-7,14H2,1-3H3,(H,15,16). The molecule has 0 aliphatic carbocycles. The fraction of sp³-hybridized carbons (Fsp3) is 0.462. The molecule has 0 saturated heterocycles. The van der Waals surface area contributed by atoms with Gasteiger partial charge in [-0.05, 0) is 0 Å². The lowest BCUT2D eigenvalue weighted by atomic mass is 10.0. The van der Waals surface area contributed by atoms with Crippen molar-refractivity contribution in [1.29, 1.82) is 0 Å². The van der Waals surface area contributed by atoms with E-state index in [1.54, 1.807) is 13.2 Å². The Balaban J connectivity index is 3.15. The molecule has 0 bridgehead atoms. The second-order valence-electron chi connectivity index (χ2n) is 4.03. The van der Waals surface area contributed by atoms with Crippen LogP contribution in [0, 0.1) is 0 Å². The summed E-state index contributed by atoms with van der Waals surface area (Å²) in [5, 5.41) is 8.86. The van der Waals surface area contributed by atoms with Crippen molar-refractivity contribution in [1.82, 2.24) is 0 Å². The summed E-state index contributed by atoms with van der Waals surface area (Å²) < 4.78 is 15.7. The zero-order chi connectivity index (χ0) is 14.4. The third-order valence-corrected chi connectivity index (χ3v) is 2.74. The van der Waals surface area contributed by atoms with Crippen LogP contribution in [0.15, 0.2) is 12.1 Å². The summed E-state index contributed by atoms with van der Waals surface area (Å²) in [7, 11) is 4.61. The quantitative estimate of drug-likeness (QED) is 0.761. The zero-order valence-electron chi connectivity index (χ0n) is 11.3. The van der Waals surface area contributed by atoms with Gasteiger partial charge < -0.3 is 25.1 Å². The number of benzene rings is 1. The molecule has 0 amide bonds. The van der Waals surface area contributed by atoms with Crippen molar-refractivity contribution in [3.8, 4) is 11.5 Å². The zero-order valence-corrected chi connectivity index (χ0v) is 11.3. The Morgan fingerprint density at radius 2 is 1.74 bits per heavy atom.